The SMILES string of the molecule is CCCCCCC/C=C\C/C=C\C/C=C\CCCCCCCCCCCCCCC(=O)OC(COC(=O)CCCCCCCCCCCCCCCCCCCCCCCCCCCCCCCCCCCCCCCCC)COC(OCC[N+](C)(C)C)C(=O)[O-]. The minimum Gasteiger partial charge on any atom is -0.545 e. The lowest BCUT2D eigenvalue weighted by Crippen LogP contribution is -2.44. The van der Waals surface area contributed by atoms with Gasteiger partial charge in [-0.05, 0) is 51.4 Å². The third-order valence-corrected chi connectivity index (χ3v) is 18.4. The van der Waals surface area contributed by atoms with Crippen LogP contribution in [0.15, 0.2) is 36.5 Å². The molecule has 0 rings (SSSR count). The van der Waals surface area contributed by atoms with E-state index in [9.17, 15) is 19.5 Å². The summed E-state index contributed by atoms with van der Waals surface area (Å²) in [4.78, 5) is 37.6. The van der Waals surface area contributed by atoms with Crippen molar-refractivity contribution in [3.8, 4) is 0 Å². The van der Waals surface area contributed by atoms with Crippen LogP contribution in [0, 0.1) is 0 Å². The molecule has 536 valence electrons. The van der Waals surface area contributed by atoms with Crippen molar-refractivity contribution in [2.45, 2.75) is 424 Å². The van der Waals surface area contributed by atoms with Gasteiger partial charge in [-0.3, -0.25) is 9.59 Å². The highest BCUT2D eigenvalue weighted by atomic mass is 16.7. The lowest BCUT2D eigenvalue weighted by molar-refractivity contribution is -0.870. The highest BCUT2D eigenvalue weighted by Crippen LogP contribution is 2.20. The summed E-state index contributed by atoms with van der Waals surface area (Å²) in [6.07, 6.45) is 91.4. The van der Waals surface area contributed by atoms with Gasteiger partial charge in [-0.15, -0.1) is 0 Å². The number of aliphatic carboxylic acids is 1. The second-order valence-electron chi connectivity index (χ2n) is 28.7. The first-order chi connectivity index (χ1) is 44.6. The molecule has 0 fully saturated rings. The Bertz CT molecular complexity index is 1590. The number of quaternary nitrogens is 1. The zero-order valence-electron chi connectivity index (χ0n) is 61.5. The average Bonchev–Trinajstić information content (AvgIpc) is 3.46. The van der Waals surface area contributed by atoms with E-state index in [0.29, 0.717) is 23.9 Å². The number of allylic oxidation sites excluding steroid dienone is 6. The summed E-state index contributed by atoms with van der Waals surface area (Å²) in [6.45, 7) is 4.81. The molecule has 0 aliphatic heterocycles. The van der Waals surface area contributed by atoms with E-state index in [4.69, 9.17) is 18.9 Å². The maximum Gasteiger partial charge on any atom is 0.306 e. The molecule has 0 amide bonds. The van der Waals surface area contributed by atoms with Gasteiger partial charge in [0.25, 0.3) is 0 Å². The van der Waals surface area contributed by atoms with E-state index in [-0.39, 0.29) is 32.2 Å². The number of ether oxygens (including phenoxy) is 4. The van der Waals surface area contributed by atoms with Crippen molar-refractivity contribution in [1.29, 1.82) is 0 Å². The highest BCUT2D eigenvalue weighted by molar-refractivity contribution is 5.70. The number of carboxylic acid groups (broad SMARTS) is 1. The fourth-order valence-corrected chi connectivity index (χ4v) is 12.3. The second kappa shape index (κ2) is 73.3. The number of carboxylic acids is 1. The van der Waals surface area contributed by atoms with Gasteiger partial charge >= 0.3 is 11.9 Å². The first kappa shape index (κ1) is 88.5. The molecule has 0 saturated heterocycles. The molecule has 0 aromatic heterocycles. The van der Waals surface area contributed by atoms with Crippen molar-refractivity contribution < 1.29 is 42.9 Å². The van der Waals surface area contributed by atoms with E-state index in [1.54, 1.807) is 0 Å². The van der Waals surface area contributed by atoms with Crippen LogP contribution in [-0.2, 0) is 33.3 Å². The van der Waals surface area contributed by atoms with Crippen LogP contribution < -0.4 is 5.11 Å². The number of rotatable bonds is 76. The Morgan fingerprint density at radius 3 is 0.879 bits per heavy atom. The van der Waals surface area contributed by atoms with Crippen LogP contribution in [0.1, 0.15) is 412 Å². The van der Waals surface area contributed by atoms with Crippen LogP contribution in [0.3, 0.4) is 0 Å². The summed E-state index contributed by atoms with van der Waals surface area (Å²) in [7, 11) is 5.95. The van der Waals surface area contributed by atoms with Gasteiger partial charge in [0, 0.05) is 12.8 Å². The van der Waals surface area contributed by atoms with E-state index in [1.807, 2.05) is 21.1 Å². The maximum atomic E-state index is 13.0. The molecule has 0 bridgehead atoms. The van der Waals surface area contributed by atoms with Gasteiger partial charge in [0.1, 0.15) is 13.2 Å². The minimum atomic E-state index is -1.62. The zero-order chi connectivity index (χ0) is 66.1. The summed E-state index contributed by atoms with van der Waals surface area (Å²) >= 11 is 0. The molecule has 2 atom stereocenters. The number of likely N-dealkylation sites (N-methyl/N-ethyl adjacent to an activating group) is 1. The number of hydrogen-bond donors (Lipinski definition) is 0. The van der Waals surface area contributed by atoms with Crippen LogP contribution in [0.25, 0.3) is 0 Å². The van der Waals surface area contributed by atoms with E-state index < -0.39 is 24.3 Å². The van der Waals surface area contributed by atoms with Gasteiger partial charge in [0.15, 0.2) is 12.4 Å². The van der Waals surface area contributed by atoms with Crippen molar-refractivity contribution in [1.82, 2.24) is 0 Å². The third-order valence-electron chi connectivity index (χ3n) is 18.4. The predicted molar refractivity (Wildman–Crippen MR) is 389 cm³/mol. The summed E-state index contributed by atoms with van der Waals surface area (Å²) in [5.41, 5.74) is 0. The lowest BCUT2D eigenvalue weighted by Gasteiger charge is -2.26. The van der Waals surface area contributed by atoms with Gasteiger partial charge in [0.2, 0.25) is 0 Å². The summed E-state index contributed by atoms with van der Waals surface area (Å²) in [5, 5.41) is 11.8. The molecule has 9 nitrogen and oxygen atoms in total. The molecule has 2 unspecified atom stereocenters. The van der Waals surface area contributed by atoms with Crippen molar-refractivity contribution in [2.75, 3.05) is 47.5 Å². The summed E-state index contributed by atoms with van der Waals surface area (Å²) < 4.78 is 22.9. The fourth-order valence-electron chi connectivity index (χ4n) is 12.3. The van der Waals surface area contributed by atoms with Crippen LogP contribution in [-0.4, -0.2) is 82.3 Å². The van der Waals surface area contributed by atoms with Gasteiger partial charge in [0.05, 0.1) is 40.3 Å². The van der Waals surface area contributed by atoms with Crippen molar-refractivity contribution in [3.63, 3.8) is 0 Å². The van der Waals surface area contributed by atoms with Crippen LogP contribution in [0.5, 0.6) is 0 Å². The molecular formula is C82H155NO8. The Hall–Kier alpha value is -2.49. The molecule has 0 aliphatic rings. The second-order valence-corrected chi connectivity index (χ2v) is 28.7. The molecule has 0 aromatic rings. The number of hydrogen-bond acceptors (Lipinski definition) is 8. The van der Waals surface area contributed by atoms with Crippen LogP contribution in [0.2, 0.25) is 0 Å². The minimum absolute atomic E-state index is 0.149. The molecule has 0 aliphatic carbocycles. The number of carbonyl (C=O) groups is 3. The van der Waals surface area contributed by atoms with Crippen LogP contribution >= 0.6 is 0 Å². The average molecular weight is 1280 g/mol. The maximum absolute atomic E-state index is 13.0. The monoisotopic (exact) mass is 1280 g/mol. The van der Waals surface area contributed by atoms with Gasteiger partial charge in [-0.2, -0.15) is 0 Å². The van der Waals surface area contributed by atoms with E-state index >= 15 is 0 Å². The van der Waals surface area contributed by atoms with Crippen molar-refractivity contribution >= 4 is 17.9 Å². The van der Waals surface area contributed by atoms with E-state index in [1.165, 1.54) is 327 Å². The molecule has 0 saturated carbocycles. The Balaban J connectivity index is 3.94. The van der Waals surface area contributed by atoms with Crippen molar-refractivity contribution in [2.24, 2.45) is 0 Å². The van der Waals surface area contributed by atoms with Crippen molar-refractivity contribution in [3.05, 3.63) is 36.5 Å². The quantitative estimate of drug-likeness (QED) is 0.0195. The van der Waals surface area contributed by atoms with Gasteiger partial charge in [-0.25, -0.2) is 0 Å². The standard InChI is InChI=1S/C82H155NO8/c1-6-8-10-12-14-16-18-20-22-24-26-28-30-32-34-35-36-37-38-39-40-41-42-43-44-45-47-48-50-52-54-56-58-60-62-64-66-68-70-72-79(84)89-76-78(77-90-82(81(86)87)88-75-74-83(3,4)5)91-80(85)73-71-69-67-65-63-61-59-57-55-53-51-49-46-33-31-29-27-25-23-21-19-17-15-13-11-9-7-2/h19,21,25,27,31,33,78,82H,6-18,20,22-24,26,28-30,32,34-77H2,1-5H3/b21-19-,27-25-,33-31-. The third kappa shape index (κ3) is 74.8. The molecule has 0 aromatic carbocycles. The molecular weight excluding hydrogens is 1130 g/mol. The first-order valence-corrected chi connectivity index (χ1v) is 40.1. The van der Waals surface area contributed by atoms with Crippen LogP contribution in [0.4, 0.5) is 0 Å². The normalized spacial score (nSPS) is 12.8. The van der Waals surface area contributed by atoms with Gasteiger partial charge < -0.3 is 33.3 Å². The fraction of sp³-hybridized carbons (Fsp3) is 0.890. The topological polar surface area (TPSA) is 111 Å². The van der Waals surface area contributed by atoms with E-state index in [0.717, 1.165) is 51.4 Å². The molecule has 0 radical (unpaired) electrons. The lowest BCUT2D eigenvalue weighted by atomic mass is 10.0. The van der Waals surface area contributed by atoms with Gasteiger partial charge in [-0.1, -0.05) is 384 Å². The Labute approximate surface area is 566 Å². The number of esters is 2. The predicted octanol–water partition coefficient (Wildman–Crippen LogP) is 24.2. The Morgan fingerprint density at radius 1 is 0.330 bits per heavy atom. The summed E-state index contributed by atoms with van der Waals surface area (Å²) in [6, 6.07) is 0. The number of unbranched alkanes of at least 4 members (excludes halogenated alkanes) is 55. The smallest absolute Gasteiger partial charge is 0.306 e. The molecule has 0 spiro atoms. The van der Waals surface area contributed by atoms with E-state index in [2.05, 4.69) is 50.3 Å². The molecule has 0 heterocycles. The zero-order valence-corrected chi connectivity index (χ0v) is 61.5. The molecule has 0 N–H and O–H groups in total. The number of nitrogens with zero attached hydrogens (tertiary/aromatic N) is 1. The Morgan fingerprint density at radius 2 is 0.593 bits per heavy atom. The molecule has 9 heteroatoms. The molecule has 91 heavy (non-hydrogen) atoms. The highest BCUT2D eigenvalue weighted by Gasteiger charge is 2.22. The largest absolute Gasteiger partial charge is 0.545 e. The Kier molecular flexibility index (Phi) is 71.3. The first-order valence-electron chi connectivity index (χ1n) is 40.1. The number of carbonyl (C=O) groups excluding carboxylic acids is 3. The summed E-state index contributed by atoms with van der Waals surface area (Å²) in [5.74, 6) is -2.26.